The van der Waals surface area contributed by atoms with Crippen molar-refractivity contribution in [3.05, 3.63) is 29.6 Å². The van der Waals surface area contributed by atoms with Gasteiger partial charge >= 0.3 is 5.97 Å². The number of aliphatic carboxylic acids is 1. The standard InChI is InChI=1S/C18H25FN2O4/c1-3-25-17-14(7-4-8-15(17)19)18(24)21-10-5-6-13(9-11-21)20(2)12-16(22)23/h4,7-8,13H,3,5-6,9-12H2,1-2H3,(H,22,23). The number of hydrogen-bond acceptors (Lipinski definition) is 4. The molecule has 7 heteroatoms. The van der Waals surface area contributed by atoms with Crippen molar-refractivity contribution in [2.75, 3.05) is 33.3 Å². The minimum atomic E-state index is -0.860. The van der Waals surface area contributed by atoms with Gasteiger partial charge in [-0.15, -0.1) is 0 Å². The minimum Gasteiger partial charge on any atom is -0.490 e. The summed E-state index contributed by atoms with van der Waals surface area (Å²) < 4.78 is 19.3. The first-order chi connectivity index (χ1) is 11.9. The summed E-state index contributed by atoms with van der Waals surface area (Å²) in [7, 11) is 1.79. The van der Waals surface area contributed by atoms with Crippen LogP contribution >= 0.6 is 0 Å². The Balaban J connectivity index is 2.09. The third-order valence-corrected chi connectivity index (χ3v) is 4.48. The number of nitrogens with zero attached hydrogens (tertiary/aromatic N) is 2. The molecule has 25 heavy (non-hydrogen) atoms. The van der Waals surface area contributed by atoms with Crippen LogP contribution in [-0.2, 0) is 4.79 Å². The van der Waals surface area contributed by atoms with E-state index in [1.807, 2.05) is 4.90 Å². The summed E-state index contributed by atoms with van der Waals surface area (Å²) in [6, 6.07) is 4.48. The Bertz CT molecular complexity index is 623. The molecule has 1 unspecified atom stereocenters. The van der Waals surface area contributed by atoms with Crippen molar-refractivity contribution in [1.29, 1.82) is 0 Å². The first kappa shape index (κ1) is 19.2. The fourth-order valence-electron chi connectivity index (χ4n) is 3.20. The van der Waals surface area contributed by atoms with Crippen LogP contribution in [0.1, 0.15) is 36.5 Å². The highest BCUT2D eigenvalue weighted by Crippen LogP contribution is 2.25. The number of carboxylic acid groups (broad SMARTS) is 1. The largest absolute Gasteiger partial charge is 0.490 e. The molecule has 0 aliphatic carbocycles. The van der Waals surface area contributed by atoms with Gasteiger partial charge in [-0.2, -0.15) is 0 Å². The lowest BCUT2D eigenvalue weighted by Gasteiger charge is -2.26. The van der Waals surface area contributed by atoms with E-state index in [1.54, 1.807) is 24.9 Å². The quantitative estimate of drug-likeness (QED) is 0.850. The Labute approximate surface area is 147 Å². The minimum absolute atomic E-state index is 0.00112. The van der Waals surface area contributed by atoms with Gasteiger partial charge in [0.15, 0.2) is 11.6 Å². The molecule has 1 atom stereocenters. The molecule has 6 nitrogen and oxygen atoms in total. The van der Waals surface area contributed by atoms with Crippen molar-refractivity contribution in [1.82, 2.24) is 9.80 Å². The number of para-hydroxylation sites is 1. The number of carbonyl (C=O) groups excluding carboxylic acids is 1. The third kappa shape index (κ3) is 4.92. The number of ether oxygens (including phenoxy) is 1. The summed E-state index contributed by atoms with van der Waals surface area (Å²) in [4.78, 5) is 27.2. The molecule has 1 amide bonds. The SMILES string of the molecule is CCOc1c(F)cccc1C(=O)N1CCCC(N(C)CC(=O)O)CC1. The van der Waals surface area contributed by atoms with E-state index in [2.05, 4.69) is 0 Å². The Kier molecular flexibility index (Phi) is 6.75. The Hall–Kier alpha value is -2.15. The molecule has 1 aliphatic rings. The second-order valence-corrected chi connectivity index (χ2v) is 6.24. The maximum absolute atomic E-state index is 14.0. The number of likely N-dealkylation sites (N-methyl/N-ethyl adjacent to an activating group) is 1. The average molecular weight is 352 g/mol. The zero-order chi connectivity index (χ0) is 18.4. The number of halogens is 1. The van der Waals surface area contributed by atoms with Crippen LogP contribution in [-0.4, -0.2) is 66.1 Å². The smallest absolute Gasteiger partial charge is 0.317 e. The second kappa shape index (κ2) is 8.80. The van der Waals surface area contributed by atoms with E-state index in [1.165, 1.54) is 12.1 Å². The van der Waals surface area contributed by atoms with Gasteiger partial charge in [0.1, 0.15) is 0 Å². The molecule has 0 bridgehead atoms. The van der Waals surface area contributed by atoms with E-state index < -0.39 is 11.8 Å². The maximum Gasteiger partial charge on any atom is 0.317 e. The summed E-state index contributed by atoms with van der Waals surface area (Å²) in [5.41, 5.74) is 0.235. The molecular weight excluding hydrogens is 327 g/mol. The number of hydrogen-bond donors (Lipinski definition) is 1. The molecule has 1 aliphatic heterocycles. The number of benzene rings is 1. The highest BCUT2D eigenvalue weighted by molar-refractivity contribution is 5.97. The first-order valence-electron chi connectivity index (χ1n) is 8.56. The van der Waals surface area contributed by atoms with E-state index in [9.17, 15) is 14.0 Å². The van der Waals surface area contributed by atoms with Crippen LogP contribution in [0.3, 0.4) is 0 Å². The van der Waals surface area contributed by atoms with Gasteiger partial charge in [-0.1, -0.05) is 6.07 Å². The number of amides is 1. The molecule has 1 heterocycles. The molecule has 138 valence electrons. The third-order valence-electron chi connectivity index (χ3n) is 4.48. The van der Waals surface area contributed by atoms with Crippen LogP contribution in [0, 0.1) is 5.82 Å². The van der Waals surface area contributed by atoms with Crippen LogP contribution in [0.2, 0.25) is 0 Å². The summed E-state index contributed by atoms with van der Waals surface area (Å²) >= 11 is 0. The van der Waals surface area contributed by atoms with Crippen LogP contribution in [0.4, 0.5) is 4.39 Å². The van der Waals surface area contributed by atoms with Gasteiger partial charge in [-0.05, 0) is 45.4 Å². The molecule has 2 rings (SSSR count). The molecule has 1 saturated heterocycles. The average Bonchev–Trinajstić information content (AvgIpc) is 2.82. The van der Waals surface area contributed by atoms with E-state index in [-0.39, 0.29) is 36.4 Å². The van der Waals surface area contributed by atoms with Crippen molar-refractivity contribution in [2.24, 2.45) is 0 Å². The molecule has 1 aromatic rings. The van der Waals surface area contributed by atoms with Crippen LogP contribution in [0.25, 0.3) is 0 Å². The summed E-state index contributed by atoms with van der Waals surface area (Å²) in [6.07, 6.45) is 2.30. The Morgan fingerprint density at radius 1 is 1.36 bits per heavy atom. The molecule has 0 saturated carbocycles. The van der Waals surface area contributed by atoms with Gasteiger partial charge in [0.2, 0.25) is 0 Å². The highest BCUT2D eigenvalue weighted by atomic mass is 19.1. The predicted molar refractivity (Wildman–Crippen MR) is 91.4 cm³/mol. The fourth-order valence-corrected chi connectivity index (χ4v) is 3.20. The fraction of sp³-hybridized carbons (Fsp3) is 0.556. The van der Waals surface area contributed by atoms with Gasteiger partial charge in [0.25, 0.3) is 5.91 Å². The van der Waals surface area contributed by atoms with Gasteiger partial charge in [-0.25, -0.2) is 4.39 Å². The van der Waals surface area contributed by atoms with E-state index >= 15 is 0 Å². The lowest BCUT2D eigenvalue weighted by atomic mass is 10.1. The van der Waals surface area contributed by atoms with Crippen molar-refractivity contribution in [3.8, 4) is 5.75 Å². The monoisotopic (exact) mass is 352 g/mol. The molecular formula is C18H25FN2O4. The predicted octanol–water partition coefficient (Wildman–Crippen LogP) is 2.24. The van der Waals surface area contributed by atoms with Crippen molar-refractivity contribution in [2.45, 2.75) is 32.2 Å². The zero-order valence-corrected chi connectivity index (χ0v) is 14.7. The molecule has 1 aromatic carbocycles. The number of rotatable bonds is 6. The molecule has 0 radical (unpaired) electrons. The van der Waals surface area contributed by atoms with E-state index in [0.29, 0.717) is 19.5 Å². The second-order valence-electron chi connectivity index (χ2n) is 6.24. The normalized spacial score (nSPS) is 18.1. The van der Waals surface area contributed by atoms with Crippen LogP contribution in [0.15, 0.2) is 18.2 Å². The first-order valence-corrected chi connectivity index (χ1v) is 8.56. The van der Waals surface area contributed by atoms with Gasteiger partial charge in [-0.3, -0.25) is 14.5 Å². The van der Waals surface area contributed by atoms with Gasteiger partial charge in [0, 0.05) is 19.1 Å². The summed E-state index contributed by atoms with van der Waals surface area (Å²) in [5, 5.41) is 8.93. The Morgan fingerprint density at radius 3 is 2.80 bits per heavy atom. The number of likely N-dealkylation sites (tertiary alicyclic amines) is 1. The van der Waals surface area contributed by atoms with Crippen molar-refractivity contribution < 1.29 is 23.8 Å². The van der Waals surface area contributed by atoms with Gasteiger partial charge in [0.05, 0.1) is 18.7 Å². The lowest BCUT2D eigenvalue weighted by molar-refractivity contribution is -0.138. The molecule has 1 fully saturated rings. The van der Waals surface area contributed by atoms with Gasteiger partial charge < -0.3 is 14.7 Å². The van der Waals surface area contributed by atoms with Crippen molar-refractivity contribution >= 4 is 11.9 Å². The number of carboxylic acids is 1. The van der Waals surface area contributed by atoms with Crippen molar-refractivity contribution in [3.63, 3.8) is 0 Å². The molecule has 0 aromatic heterocycles. The highest BCUT2D eigenvalue weighted by Gasteiger charge is 2.26. The topological polar surface area (TPSA) is 70.1 Å². The van der Waals surface area contributed by atoms with E-state index in [4.69, 9.17) is 9.84 Å². The molecule has 1 N–H and O–H groups in total. The summed E-state index contributed by atoms with van der Waals surface area (Å²) in [5.74, 6) is -1.65. The maximum atomic E-state index is 14.0. The molecule has 0 spiro atoms. The Morgan fingerprint density at radius 2 is 2.12 bits per heavy atom. The zero-order valence-electron chi connectivity index (χ0n) is 14.7. The van der Waals surface area contributed by atoms with Crippen LogP contribution in [0.5, 0.6) is 5.75 Å². The number of carbonyl (C=O) groups is 2. The van der Waals surface area contributed by atoms with Crippen LogP contribution < -0.4 is 4.74 Å². The summed E-state index contributed by atoms with van der Waals surface area (Å²) in [6.45, 7) is 3.09. The van der Waals surface area contributed by atoms with E-state index in [0.717, 1.165) is 12.8 Å². The lowest BCUT2D eigenvalue weighted by Crippen LogP contribution is -2.37.